The lowest BCUT2D eigenvalue weighted by atomic mass is 9.97. The summed E-state index contributed by atoms with van der Waals surface area (Å²) < 4.78 is 1.96. The fourth-order valence-electron chi connectivity index (χ4n) is 5.60. The second-order valence-electron chi connectivity index (χ2n) is 11.1. The van der Waals surface area contributed by atoms with Gasteiger partial charge in [0.1, 0.15) is 0 Å². The number of nitrogens with zero attached hydrogens (tertiary/aromatic N) is 6. The van der Waals surface area contributed by atoms with E-state index in [0.717, 1.165) is 50.7 Å². The lowest BCUT2D eigenvalue weighted by molar-refractivity contribution is 0.113. The molecule has 1 aliphatic heterocycles. The third-order valence-corrected chi connectivity index (χ3v) is 7.57. The number of aromatic nitrogens is 4. The molecule has 0 saturated carbocycles. The molecule has 1 fully saturated rings. The molecule has 0 N–H and O–H groups in total. The predicted molar refractivity (Wildman–Crippen MR) is 159 cm³/mol. The highest BCUT2D eigenvalue weighted by Crippen LogP contribution is 2.31. The molecule has 5 rings (SSSR count). The van der Waals surface area contributed by atoms with Crippen LogP contribution in [0.4, 0.5) is 0 Å². The molecular formula is C33H40N6. The minimum Gasteiger partial charge on any atom is -0.297 e. The number of tetrazole rings is 1. The van der Waals surface area contributed by atoms with Crippen molar-refractivity contribution in [1.29, 1.82) is 0 Å². The first-order valence-corrected chi connectivity index (χ1v) is 14.1. The van der Waals surface area contributed by atoms with Crippen molar-refractivity contribution in [3.63, 3.8) is 0 Å². The van der Waals surface area contributed by atoms with Gasteiger partial charge in [-0.15, -0.1) is 5.10 Å². The van der Waals surface area contributed by atoms with Crippen molar-refractivity contribution in [2.45, 2.75) is 40.2 Å². The van der Waals surface area contributed by atoms with Crippen molar-refractivity contribution in [3.8, 4) is 5.69 Å². The van der Waals surface area contributed by atoms with Crippen LogP contribution >= 0.6 is 0 Å². The molecule has 1 aromatic heterocycles. The highest BCUT2D eigenvalue weighted by molar-refractivity contribution is 5.49. The van der Waals surface area contributed by atoms with Gasteiger partial charge in [-0.25, -0.2) is 0 Å². The van der Waals surface area contributed by atoms with E-state index in [-0.39, 0.29) is 6.04 Å². The van der Waals surface area contributed by atoms with Gasteiger partial charge in [-0.05, 0) is 64.4 Å². The number of rotatable bonds is 9. The molecule has 6 nitrogen and oxygen atoms in total. The van der Waals surface area contributed by atoms with Gasteiger partial charge in [0, 0.05) is 32.7 Å². The van der Waals surface area contributed by atoms with Crippen LogP contribution < -0.4 is 0 Å². The van der Waals surface area contributed by atoms with Crippen LogP contribution in [0.25, 0.3) is 11.8 Å². The maximum absolute atomic E-state index is 4.64. The molecule has 1 saturated heterocycles. The van der Waals surface area contributed by atoms with Gasteiger partial charge >= 0.3 is 0 Å². The number of hydrogen-bond acceptors (Lipinski definition) is 5. The molecule has 0 spiro atoms. The van der Waals surface area contributed by atoms with E-state index in [1.807, 2.05) is 4.68 Å². The highest BCUT2D eigenvalue weighted by Gasteiger charge is 2.31. The van der Waals surface area contributed by atoms with Gasteiger partial charge in [0.05, 0.1) is 11.7 Å². The Hall–Kier alpha value is -3.61. The van der Waals surface area contributed by atoms with E-state index in [9.17, 15) is 0 Å². The van der Waals surface area contributed by atoms with Crippen LogP contribution in [0.15, 0.2) is 78.9 Å². The topological polar surface area (TPSA) is 50.1 Å². The maximum atomic E-state index is 4.64. The highest BCUT2D eigenvalue weighted by atomic mass is 15.6. The van der Waals surface area contributed by atoms with E-state index in [2.05, 4.69) is 138 Å². The summed E-state index contributed by atoms with van der Waals surface area (Å²) in [4.78, 5) is 5.07. The molecule has 1 atom stereocenters. The Bertz CT molecular complexity index is 1340. The second kappa shape index (κ2) is 12.5. The molecule has 1 aliphatic rings. The van der Waals surface area contributed by atoms with Crippen LogP contribution in [0.1, 0.15) is 53.5 Å². The molecule has 39 heavy (non-hydrogen) atoms. The number of piperazine rings is 1. The van der Waals surface area contributed by atoms with E-state index in [0.29, 0.717) is 5.92 Å². The van der Waals surface area contributed by atoms with Crippen molar-refractivity contribution in [3.05, 3.63) is 113 Å². The van der Waals surface area contributed by atoms with Crippen molar-refractivity contribution in [2.75, 3.05) is 32.7 Å². The molecule has 0 aliphatic carbocycles. The molecule has 0 radical (unpaired) electrons. The summed E-state index contributed by atoms with van der Waals surface area (Å²) in [6, 6.07) is 26.0. The summed E-state index contributed by atoms with van der Waals surface area (Å²) >= 11 is 0. The standard InChI is InChI=1S/C33H40N6/c1-25(2)24-29-15-17-30(18-16-29)32(33-34-35-36-39(33)31-26(3)10-8-11-27(31)4)38-22-20-37(21-23-38)19-9-14-28-12-6-5-7-13-28/h5-18,25,32H,19-24H2,1-4H3/b14-9+. The summed E-state index contributed by atoms with van der Waals surface area (Å²) in [6.07, 6.45) is 5.57. The first-order chi connectivity index (χ1) is 19.0. The SMILES string of the molecule is Cc1cccc(C)c1-n1nnnc1C(c1ccc(CC(C)C)cc1)N1CCN(C/C=C/c2ccccc2)CC1. The summed E-state index contributed by atoms with van der Waals surface area (Å²) in [5.41, 5.74) is 7.27. The third kappa shape index (κ3) is 6.52. The Morgan fingerprint density at radius 3 is 2.18 bits per heavy atom. The van der Waals surface area contributed by atoms with E-state index < -0.39 is 0 Å². The first kappa shape index (κ1) is 27.0. The smallest absolute Gasteiger partial charge is 0.178 e. The average molecular weight is 521 g/mol. The predicted octanol–water partition coefficient (Wildman–Crippen LogP) is 5.90. The van der Waals surface area contributed by atoms with Crippen LogP contribution in [0, 0.1) is 19.8 Å². The summed E-state index contributed by atoms with van der Waals surface area (Å²) in [6.45, 7) is 13.7. The number of hydrogen-bond donors (Lipinski definition) is 0. The van der Waals surface area contributed by atoms with Crippen molar-refractivity contribution in [2.24, 2.45) is 5.92 Å². The average Bonchev–Trinajstić information content (AvgIpc) is 3.40. The maximum Gasteiger partial charge on any atom is 0.178 e. The van der Waals surface area contributed by atoms with Crippen LogP contribution in [0.3, 0.4) is 0 Å². The minimum absolute atomic E-state index is 0.0193. The van der Waals surface area contributed by atoms with Gasteiger partial charge in [-0.1, -0.05) is 98.8 Å². The first-order valence-electron chi connectivity index (χ1n) is 14.1. The number of aryl methyl sites for hydroxylation is 2. The molecular weight excluding hydrogens is 480 g/mol. The molecule has 0 bridgehead atoms. The van der Waals surface area contributed by atoms with E-state index in [1.54, 1.807) is 0 Å². The lowest BCUT2D eigenvalue weighted by Gasteiger charge is -2.38. The Balaban J connectivity index is 1.40. The van der Waals surface area contributed by atoms with Crippen molar-refractivity contribution < 1.29 is 0 Å². The van der Waals surface area contributed by atoms with Crippen LogP contribution in [-0.2, 0) is 6.42 Å². The molecule has 3 aromatic carbocycles. The normalized spacial score (nSPS) is 15.8. The Morgan fingerprint density at radius 2 is 1.51 bits per heavy atom. The molecule has 6 heteroatoms. The Kier molecular flexibility index (Phi) is 8.64. The fourth-order valence-corrected chi connectivity index (χ4v) is 5.60. The Morgan fingerprint density at radius 1 is 0.821 bits per heavy atom. The largest absolute Gasteiger partial charge is 0.297 e. The number of benzene rings is 3. The minimum atomic E-state index is -0.0193. The van der Waals surface area contributed by atoms with E-state index in [1.165, 1.54) is 27.8 Å². The van der Waals surface area contributed by atoms with Crippen LogP contribution in [0.5, 0.6) is 0 Å². The molecule has 0 amide bonds. The lowest BCUT2D eigenvalue weighted by Crippen LogP contribution is -2.48. The molecule has 4 aromatic rings. The second-order valence-corrected chi connectivity index (χ2v) is 11.1. The van der Waals surface area contributed by atoms with Gasteiger partial charge in [-0.3, -0.25) is 9.80 Å². The van der Waals surface area contributed by atoms with Crippen LogP contribution in [0.2, 0.25) is 0 Å². The monoisotopic (exact) mass is 520 g/mol. The Labute approximate surface area is 233 Å². The van der Waals surface area contributed by atoms with Gasteiger partial charge in [-0.2, -0.15) is 4.68 Å². The molecule has 202 valence electrons. The van der Waals surface area contributed by atoms with Crippen molar-refractivity contribution in [1.82, 2.24) is 30.0 Å². The van der Waals surface area contributed by atoms with Gasteiger partial charge in [0.15, 0.2) is 5.82 Å². The zero-order valence-corrected chi connectivity index (χ0v) is 23.7. The summed E-state index contributed by atoms with van der Waals surface area (Å²) in [7, 11) is 0. The third-order valence-electron chi connectivity index (χ3n) is 7.57. The zero-order valence-electron chi connectivity index (χ0n) is 23.7. The zero-order chi connectivity index (χ0) is 27.2. The molecule has 1 unspecified atom stereocenters. The molecule has 2 heterocycles. The van der Waals surface area contributed by atoms with Gasteiger partial charge in [0.2, 0.25) is 0 Å². The number of para-hydroxylation sites is 1. The van der Waals surface area contributed by atoms with Crippen LogP contribution in [-0.4, -0.2) is 62.7 Å². The fraction of sp³-hybridized carbons (Fsp3) is 0.364. The van der Waals surface area contributed by atoms with Gasteiger partial charge in [0.25, 0.3) is 0 Å². The van der Waals surface area contributed by atoms with Gasteiger partial charge < -0.3 is 0 Å². The summed E-state index contributed by atoms with van der Waals surface area (Å²) in [5, 5.41) is 13.3. The van der Waals surface area contributed by atoms with Crippen molar-refractivity contribution >= 4 is 6.08 Å². The quantitative estimate of drug-likeness (QED) is 0.275. The van der Waals surface area contributed by atoms with E-state index >= 15 is 0 Å². The summed E-state index contributed by atoms with van der Waals surface area (Å²) in [5.74, 6) is 1.51. The van der Waals surface area contributed by atoms with E-state index in [4.69, 9.17) is 0 Å².